The third kappa shape index (κ3) is 3.62. The van der Waals surface area contributed by atoms with Crippen molar-refractivity contribution < 1.29 is 9.72 Å². The number of hydrogen-bond acceptors (Lipinski definition) is 4. The van der Waals surface area contributed by atoms with Crippen LogP contribution in [-0.2, 0) is 0 Å². The van der Waals surface area contributed by atoms with E-state index in [0.29, 0.717) is 11.3 Å². The zero-order valence-corrected chi connectivity index (χ0v) is 14.0. The summed E-state index contributed by atoms with van der Waals surface area (Å²) < 4.78 is 0. The highest BCUT2D eigenvalue weighted by atomic mass is 35.5. The Morgan fingerprint density at radius 3 is 2.68 bits per heavy atom. The predicted octanol–water partition coefficient (Wildman–Crippen LogP) is 4.54. The van der Waals surface area contributed by atoms with Gasteiger partial charge in [-0.2, -0.15) is 5.10 Å². The highest BCUT2D eigenvalue weighted by Gasteiger charge is 2.15. The Morgan fingerprint density at radius 2 is 1.92 bits per heavy atom. The van der Waals surface area contributed by atoms with Gasteiger partial charge in [0.2, 0.25) is 0 Å². The molecule has 0 radical (unpaired) electrons. The van der Waals surface area contributed by atoms with Gasteiger partial charge in [0.1, 0.15) is 0 Å². The van der Waals surface area contributed by atoms with Crippen LogP contribution in [0.3, 0.4) is 0 Å². The number of amides is 1. The van der Waals surface area contributed by atoms with Crippen LogP contribution in [0.15, 0.2) is 48.5 Å². The number of anilines is 1. The molecule has 3 aromatic rings. The Bertz CT molecular complexity index is 972. The molecule has 1 aromatic heterocycles. The normalized spacial score (nSPS) is 10.5. The maximum Gasteiger partial charge on any atom is 0.270 e. The van der Waals surface area contributed by atoms with E-state index in [1.165, 1.54) is 18.2 Å². The molecule has 0 saturated heterocycles. The zero-order valence-electron chi connectivity index (χ0n) is 12.5. The van der Waals surface area contributed by atoms with Crippen LogP contribution in [0.25, 0.3) is 11.3 Å². The van der Waals surface area contributed by atoms with Gasteiger partial charge < -0.3 is 5.32 Å². The molecule has 0 bridgehead atoms. The van der Waals surface area contributed by atoms with Crippen LogP contribution < -0.4 is 5.32 Å². The highest BCUT2D eigenvalue weighted by molar-refractivity contribution is 6.44. The average Bonchev–Trinajstić information content (AvgIpc) is 3.06. The second-order valence-corrected chi connectivity index (χ2v) is 5.81. The van der Waals surface area contributed by atoms with Crippen LogP contribution in [0.2, 0.25) is 10.0 Å². The summed E-state index contributed by atoms with van der Waals surface area (Å²) in [6, 6.07) is 12.4. The first kappa shape index (κ1) is 16.9. The topological polar surface area (TPSA) is 101 Å². The van der Waals surface area contributed by atoms with E-state index < -0.39 is 10.8 Å². The number of nitro groups is 1. The number of nitro benzene ring substituents is 1. The summed E-state index contributed by atoms with van der Waals surface area (Å²) in [5, 5.41) is 20.6. The van der Waals surface area contributed by atoms with Crippen molar-refractivity contribution in [2.45, 2.75) is 0 Å². The maximum absolute atomic E-state index is 12.3. The smallest absolute Gasteiger partial charge is 0.270 e. The lowest BCUT2D eigenvalue weighted by Crippen LogP contribution is -2.12. The molecule has 1 amide bonds. The number of benzene rings is 2. The first-order valence-corrected chi connectivity index (χ1v) is 7.77. The predicted molar refractivity (Wildman–Crippen MR) is 95.1 cm³/mol. The van der Waals surface area contributed by atoms with Gasteiger partial charge in [0.25, 0.3) is 11.6 Å². The number of carbonyl (C=O) groups is 1. The molecule has 0 aliphatic rings. The minimum absolute atomic E-state index is 0.0385. The summed E-state index contributed by atoms with van der Waals surface area (Å²) in [6.07, 6.45) is 0. The van der Waals surface area contributed by atoms with Crippen molar-refractivity contribution in [1.82, 2.24) is 10.2 Å². The number of carbonyl (C=O) groups excluding carboxylic acids is 1. The fourth-order valence-electron chi connectivity index (χ4n) is 2.18. The summed E-state index contributed by atoms with van der Waals surface area (Å²) in [5.74, 6) is -0.216. The second kappa shape index (κ2) is 6.92. The lowest BCUT2D eigenvalue weighted by molar-refractivity contribution is -0.384. The largest absolute Gasteiger partial charge is 0.305 e. The van der Waals surface area contributed by atoms with Crippen LogP contribution in [0.1, 0.15) is 10.4 Å². The van der Waals surface area contributed by atoms with Crippen molar-refractivity contribution in [2.24, 2.45) is 0 Å². The Kier molecular flexibility index (Phi) is 4.69. The first-order chi connectivity index (χ1) is 12.0. The molecule has 25 heavy (non-hydrogen) atoms. The van der Waals surface area contributed by atoms with Crippen LogP contribution in [-0.4, -0.2) is 21.0 Å². The van der Waals surface area contributed by atoms with Crippen LogP contribution in [0, 0.1) is 10.1 Å². The molecule has 126 valence electrons. The number of non-ortho nitro benzene ring substituents is 1. The molecule has 0 aliphatic heterocycles. The number of H-pyrrole nitrogens is 1. The molecule has 7 nitrogen and oxygen atoms in total. The minimum atomic E-state index is -0.482. The standard InChI is InChI=1S/C16H10Cl2N4O3/c17-12-6-2-5-11(15(12)18)16(23)19-14-8-13(20-21-14)9-3-1-4-10(7-9)22(24)25/h1-8H,(H2,19,20,21,23). The molecule has 0 atom stereocenters. The molecule has 0 spiro atoms. The zero-order chi connectivity index (χ0) is 18.0. The molecule has 9 heteroatoms. The maximum atomic E-state index is 12.3. The minimum Gasteiger partial charge on any atom is -0.305 e. The van der Waals surface area contributed by atoms with Crippen LogP contribution >= 0.6 is 23.2 Å². The van der Waals surface area contributed by atoms with E-state index in [2.05, 4.69) is 15.5 Å². The molecule has 2 aromatic carbocycles. The van der Waals surface area contributed by atoms with Crippen molar-refractivity contribution >= 4 is 40.6 Å². The van der Waals surface area contributed by atoms with Gasteiger partial charge in [0, 0.05) is 23.8 Å². The van der Waals surface area contributed by atoms with E-state index in [9.17, 15) is 14.9 Å². The third-order valence-corrected chi connectivity index (χ3v) is 4.20. The average molecular weight is 377 g/mol. The second-order valence-electron chi connectivity index (χ2n) is 5.03. The lowest BCUT2D eigenvalue weighted by Gasteiger charge is -2.05. The van der Waals surface area contributed by atoms with Crippen molar-refractivity contribution in [1.29, 1.82) is 0 Å². The Balaban J connectivity index is 1.82. The fraction of sp³-hybridized carbons (Fsp3) is 0. The van der Waals surface area contributed by atoms with Gasteiger partial charge in [-0.1, -0.05) is 41.4 Å². The molecule has 0 unspecified atom stereocenters. The first-order valence-electron chi connectivity index (χ1n) is 7.01. The van der Waals surface area contributed by atoms with Gasteiger partial charge in [0.15, 0.2) is 5.82 Å². The lowest BCUT2D eigenvalue weighted by atomic mass is 10.1. The Labute approximate surface area is 151 Å². The van der Waals surface area contributed by atoms with Gasteiger partial charge in [-0.25, -0.2) is 0 Å². The summed E-state index contributed by atoms with van der Waals surface area (Å²) in [6.45, 7) is 0. The van der Waals surface area contributed by atoms with E-state index >= 15 is 0 Å². The number of aromatic amines is 1. The van der Waals surface area contributed by atoms with Gasteiger partial charge >= 0.3 is 0 Å². The number of halogens is 2. The summed E-state index contributed by atoms with van der Waals surface area (Å²) >= 11 is 11.9. The van der Waals surface area contributed by atoms with Gasteiger partial charge in [-0.15, -0.1) is 0 Å². The van der Waals surface area contributed by atoms with Gasteiger partial charge in [0.05, 0.1) is 26.2 Å². The van der Waals surface area contributed by atoms with Crippen molar-refractivity contribution in [2.75, 3.05) is 5.32 Å². The highest BCUT2D eigenvalue weighted by Crippen LogP contribution is 2.27. The molecular weight excluding hydrogens is 367 g/mol. The van der Waals surface area contributed by atoms with E-state index in [1.54, 1.807) is 30.3 Å². The quantitative estimate of drug-likeness (QED) is 0.515. The summed E-state index contributed by atoms with van der Waals surface area (Å²) in [4.78, 5) is 22.6. The van der Waals surface area contributed by atoms with Gasteiger partial charge in [-0.05, 0) is 12.1 Å². The van der Waals surface area contributed by atoms with E-state index in [4.69, 9.17) is 23.2 Å². The van der Waals surface area contributed by atoms with Gasteiger partial charge in [-0.3, -0.25) is 20.0 Å². The monoisotopic (exact) mass is 376 g/mol. The van der Waals surface area contributed by atoms with Crippen molar-refractivity contribution in [3.05, 3.63) is 74.3 Å². The number of rotatable bonds is 4. The summed E-state index contributed by atoms with van der Waals surface area (Å²) in [5.41, 5.74) is 1.27. The van der Waals surface area contributed by atoms with Crippen LogP contribution in [0.5, 0.6) is 0 Å². The van der Waals surface area contributed by atoms with E-state index in [0.717, 1.165) is 0 Å². The van der Waals surface area contributed by atoms with E-state index in [-0.39, 0.29) is 27.1 Å². The molecular formula is C16H10Cl2N4O3. The third-order valence-electron chi connectivity index (χ3n) is 3.38. The summed E-state index contributed by atoms with van der Waals surface area (Å²) in [7, 11) is 0. The molecule has 1 heterocycles. The fourth-order valence-corrected chi connectivity index (χ4v) is 2.57. The number of aromatic nitrogens is 2. The number of hydrogen-bond donors (Lipinski definition) is 2. The Morgan fingerprint density at radius 1 is 1.16 bits per heavy atom. The number of nitrogens with zero attached hydrogens (tertiary/aromatic N) is 2. The molecule has 0 saturated carbocycles. The van der Waals surface area contributed by atoms with E-state index in [1.807, 2.05) is 0 Å². The Hall–Kier alpha value is -2.90. The van der Waals surface area contributed by atoms with Crippen molar-refractivity contribution in [3.8, 4) is 11.3 Å². The number of nitrogens with one attached hydrogen (secondary N) is 2. The molecule has 0 aliphatic carbocycles. The SMILES string of the molecule is O=C(Nc1cc(-c2cccc([N+](=O)[O-])c2)[nH]n1)c1cccc(Cl)c1Cl. The molecule has 0 fully saturated rings. The van der Waals surface area contributed by atoms with Crippen molar-refractivity contribution in [3.63, 3.8) is 0 Å². The molecule has 3 rings (SSSR count). The van der Waals surface area contributed by atoms with Crippen LogP contribution in [0.4, 0.5) is 11.5 Å². The molecule has 2 N–H and O–H groups in total.